The summed E-state index contributed by atoms with van der Waals surface area (Å²) in [6, 6.07) is 15.2. The molecule has 0 aromatic heterocycles. The zero-order chi connectivity index (χ0) is 13.1. The molecule has 1 atom stereocenters. The Morgan fingerprint density at radius 1 is 1.00 bits per heavy atom. The van der Waals surface area contributed by atoms with Crippen molar-refractivity contribution in [3.63, 3.8) is 0 Å². The van der Waals surface area contributed by atoms with Crippen LogP contribution >= 0.6 is 31.9 Å². The van der Waals surface area contributed by atoms with Crippen molar-refractivity contribution in [1.29, 1.82) is 0 Å². The van der Waals surface area contributed by atoms with Gasteiger partial charge in [0.2, 0.25) is 0 Å². The number of alkyl halides is 1. The largest absolute Gasteiger partial charge is 0.0835 e. The smallest absolute Gasteiger partial charge is 0.0438 e. The number of hydrogen-bond donors (Lipinski definition) is 0. The van der Waals surface area contributed by atoms with E-state index in [0.717, 1.165) is 10.9 Å². The minimum Gasteiger partial charge on any atom is -0.0835 e. The molecule has 18 heavy (non-hydrogen) atoms. The van der Waals surface area contributed by atoms with Crippen molar-refractivity contribution in [2.75, 3.05) is 0 Å². The zero-order valence-electron chi connectivity index (χ0n) is 10.6. The van der Waals surface area contributed by atoms with E-state index in [2.05, 4.69) is 88.2 Å². The van der Waals surface area contributed by atoms with Crippen molar-refractivity contribution in [3.05, 3.63) is 69.2 Å². The second kappa shape index (κ2) is 6.03. The first-order valence-electron chi connectivity index (χ1n) is 6.02. The summed E-state index contributed by atoms with van der Waals surface area (Å²) in [5, 5.41) is 0. The lowest BCUT2D eigenvalue weighted by Gasteiger charge is -2.14. The SMILES string of the molecule is Cc1ccc(C)c(C(Br)Cc2ccc(Br)cc2)c1. The molecule has 2 aromatic carbocycles. The normalized spacial score (nSPS) is 12.4. The lowest BCUT2D eigenvalue weighted by atomic mass is 9.99. The summed E-state index contributed by atoms with van der Waals surface area (Å²) in [7, 11) is 0. The van der Waals surface area contributed by atoms with Crippen LogP contribution in [0.5, 0.6) is 0 Å². The number of rotatable bonds is 3. The highest BCUT2D eigenvalue weighted by Gasteiger charge is 2.11. The Hall–Kier alpha value is -0.600. The van der Waals surface area contributed by atoms with Crippen LogP contribution in [0.2, 0.25) is 0 Å². The van der Waals surface area contributed by atoms with Crippen LogP contribution in [-0.4, -0.2) is 0 Å². The van der Waals surface area contributed by atoms with Gasteiger partial charge in [-0.25, -0.2) is 0 Å². The Kier molecular flexibility index (Phi) is 4.63. The van der Waals surface area contributed by atoms with Crippen molar-refractivity contribution in [2.24, 2.45) is 0 Å². The molecule has 0 amide bonds. The van der Waals surface area contributed by atoms with Gasteiger partial charge in [-0.05, 0) is 49.1 Å². The lowest BCUT2D eigenvalue weighted by molar-refractivity contribution is 0.935. The molecule has 0 spiro atoms. The average molecular weight is 368 g/mol. The fraction of sp³-hybridized carbons (Fsp3) is 0.250. The molecule has 0 saturated heterocycles. The summed E-state index contributed by atoms with van der Waals surface area (Å²) in [5.41, 5.74) is 5.40. The molecular formula is C16H16Br2. The van der Waals surface area contributed by atoms with Crippen LogP contribution in [0.1, 0.15) is 27.1 Å². The fourth-order valence-corrected chi connectivity index (χ4v) is 3.17. The van der Waals surface area contributed by atoms with Gasteiger partial charge in [0.25, 0.3) is 0 Å². The van der Waals surface area contributed by atoms with E-state index in [1.54, 1.807) is 0 Å². The van der Waals surface area contributed by atoms with E-state index in [9.17, 15) is 0 Å². The van der Waals surface area contributed by atoms with Crippen LogP contribution in [0, 0.1) is 13.8 Å². The maximum Gasteiger partial charge on any atom is 0.0438 e. The standard InChI is InChI=1S/C16H16Br2/c1-11-3-4-12(2)15(9-11)16(18)10-13-5-7-14(17)8-6-13/h3-9,16H,10H2,1-2H3. The number of hydrogen-bond acceptors (Lipinski definition) is 0. The number of aryl methyl sites for hydroxylation is 2. The van der Waals surface area contributed by atoms with Crippen molar-refractivity contribution in [2.45, 2.75) is 25.1 Å². The summed E-state index contributed by atoms with van der Waals surface area (Å²) in [5.74, 6) is 0. The summed E-state index contributed by atoms with van der Waals surface area (Å²) < 4.78 is 1.13. The third-order valence-corrected chi connectivity index (χ3v) is 4.45. The monoisotopic (exact) mass is 366 g/mol. The van der Waals surface area contributed by atoms with Crippen molar-refractivity contribution in [1.82, 2.24) is 0 Å². The Bertz CT molecular complexity index is 529. The summed E-state index contributed by atoms with van der Waals surface area (Å²) in [6.07, 6.45) is 1.01. The first-order valence-corrected chi connectivity index (χ1v) is 7.73. The summed E-state index contributed by atoms with van der Waals surface area (Å²) in [6.45, 7) is 4.31. The van der Waals surface area contributed by atoms with Gasteiger partial charge >= 0.3 is 0 Å². The highest BCUT2D eigenvalue weighted by molar-refractivity contribution is 9.10. The van der Waals surface area contributed by atoms with Gasteiger partial charge in [-0.3, -0.25) is 0 Å². The molecule has 2 heteroatoms. The third kappa shape index (κ3) is 3.46. The molecule has 0 saturated carbocycles. The number of halogens is 2. The highest BCUT2D eigenvalue weighted by Crippen LogP contribution is 2.30. The van der Waals surface area contributed by atoms with E-state index >= 15 is 0 Å². The van der Waals surface area contributed by atoms with Gasteiger partial charge < -0.3 is 0 Å². The fourth-order valence-electron chi connectivity index (χ4n) is 2.03. The van der Waals surface area contributed by atoms with Crippen LogP contribution in [-0.2, 0) is 6.42 Å². The predicted molar refractivity (Wildman–Crippen MR) is 85.4 cm³/mol. The predicted octanol–water partition coefficient (Wildman–Crippen LogP) is 5.74. The molecule has 0 aliphatic heterocycles. The molecule has 0 nitrogen and oxygen atoms in total. The van der Waals surface area contributed by atoms with E-state index in [-0.39, 0.29) is 0 Å². The maximum atomic E-state index is 3.81. The zero-order valence-corrected chi connectivity index (χ0v) is 13.8. The Labute approximate surface area is 126 Å². The first kappa shape index (κ1) is 13.8. The molecule has 1 unspecified atom stereocenters. The first-order chi connectivity index (χ1) is 8.56. The Morgan fingerprint density at radius 3 is 2.33 bits per heavy atom. The molecule has 94 valence electrons. The van der Waals surface area contributed by atoms with E-state index in [1.807, 2.05) is 0 Å². The van der Waals surface area contributed by atoms with Crippen LogP contribution in [0.15, 0.2) is 46.9 Å². The van der Waals surface area contributed by atoms with Crippen LogP contribution < -0.4 is 0 Å². The topological polar surface area (TPSA) is 0 Å². The second-order valence-electron chi connectivity index (χ2n) is 4.66. The third-order valence-electron chi connectivity index (χ3n) is 3.10. The summed E-state index contributed by atoms with van der Waals surface area (Å²) >= 11 is 7.28. The van der Waals surface area contributed by atoms with Crippen LogP contribution in [0.4, 0.5) is 0 Å². The molecule has 0 aliphatic carbocycles. The van der Waals surface area contributed by atoms with E-state index in [0.29, 0.717) is 4.83 Å². The quantitative estimate of drug-likeness (QED) is 0.606. The van der Waals surface area contributed by atoms with Crippen molar-refractivity contribution < 1.29 is 0 Å². The molecular weight excluding hydrogens is 352 g/mol. The Morgan fingerprint density at radius 2 is 1.67 bits per heavy atom. The number of benzene rings is 2. The summed E-state index contributed by atoms with van der Waals surface area (Å²) in [4.78, 5) is 0.374. The van der Waals surface area contributed by atoms with E-state index in [1.165, 1.54) is 22.3 Å². The lowest BCUT2D eigenvalue weighted by Crippen LogP contribution is -1.98. The van der Waals surface area contributed by atoms with Gasteiger partial charge in [0.1, 0.15) is 0 Å². The van der Waals surface area contributed by atoms with E-state index < -0.39 is 0 Å². The van der Waals surface area contributed by atoms with Gasteiger partial charge in [0, 0.05) is 9.30 Å². The van der Waals surface area contributed by atoms with Gasteiger partial charge in [-0.2, -0.15) is 0 Å². The minimum absolute atomic E-state index is 0.374. The second-order valence-corrected chi connectivity index (χ2v) is 6.68. The average Bonchev–Trinajstić information content (AvgIpc) is 2.35. The molecule has 0 fully saturated rings. The van der Waals surface area contributed by atoms with E-state index in [4.69, 9.17) is 0 Å². The van der Waals surface area contributed by atoms with Crippen molar-refractivity contribution >= 4 is 31.9 Å². The van der Waals surface area contributed by atoms with Gasteiger partial charge in [-0.15, -0.1) is 0 Å². The molecule has 0 radical (unpaired) electrons. The van der Waals surface area contributed by atoms with Gasteiger partial charge in [0.15, 0.2) is 0 Å². The maximum absolute atomic E-state index is 3.81. The molecule has 2 aromatic rings. The Balaban J connectivity index is 2.18. The van der Waals surface area contributed by atoms with Gasteiger partial charge in [-0.1, -0.05) is 67.8 Å². The van der Waals surface area contributed by atoms with Crippen LogP contribution in [0.3, 0.4) is 0 Å². The van der Waals surface area contributed by atoms with Crippen molar-refractivity contribution in [3.8, 4) is 0 Å². The molecule has 2 rings (SSSR count). The minimum atomic E-state index is 0.374. The highest BCUT2D eigenvalue weighted by atomic mass is 79.9. The molecule has 0 heterocycles. The van der Waals surface area contributed by atoms with Crippen LogP contribution in [0.25, 0.3) is 0 Å². The molecule has 0 aliphatic rings. The van der Waals surface area contributed by atoms with Gasteiger partial charge in [0.05, 0.1) is 0 Å². The molecule has 0 N–H and O–H groups in total. The molecule has 0 bridgehead atoms.